The molecule has 8 heteroatoms. The van der Waals surface area contributed by atoms with Gasteiger partial charge in [-0.3, -0.25) is 4.18 Å². The maximum Gasteiger partial charge on any atom is 0.296 e. The van der Waals surface area contributed by atoms with E-state index in [0.29, 0.717) is 24.3 Å². The summed E-state index contributed by atoms with van der Waals surface area (Å²) in [6, 6.07) is 12.8. The highest BCUT2D eigenvalue weighted by Gasteiger charge is 2.54. The van der Waals surface area contributed by atoms with Crippen molar-refractivity contribution in [1.82, 2.24) is 4.90 Å². The smallest absolute Gasteiger partial charge is 0.296 e. The third-order valence-electron chi connectivity index (χ3n) is 7.76. The number of hydrogen-bond acceptors (Lipinski definition) is 7. The lowest BCUT2D eigenvalue weighted by Gasteiger charge is -2.48. The van der Waals surface area contributed by atoms with Crippen LogP contribution in [0.4, 0.5) is 0 Å². The van der Waals surface area contributed by atoms with Crippen LogP contribution in [-0.2, 0) is 19.7 Å². The van der Waals surface area contributed by atoms with E-state index in [1.54, 1.807) is 38.5 Å². The van der Waals surface area contributed by atoms with Gasteiger partial charge in [-0.15, -0.1) is 0 Å². The molecule has 2 aromatic rings. The minimum atomic E-state index is -3.85. The quantitative estimate of drug-likeness (QED) is 0.567. The molecule has 1 aliphatic heterocycles. The van der Waals surface area contributed by atoms with Crippen LogP contribution in [0.2, 0.25) is 0 Å². The van der Waals surface area contributed by atoms with Crippen LogP contribution < -0.4 is 9.47 Å². The Kier molecular flexibility index (Phi) is 6.97. The molecule has 1 aliphatic carbocycles. The molecule has 0 amide bonds. The van der Waals surface area contributed by atoms with Gasteiger partial charge < -0.3 is 19.5 Å². The second kappa shape index (κ2) is 9.49. The first-order valence-corrected chi connectivity index (χ1v) is 13.1. The normalized spacial score (nSPS) is 27.4. The van der Waals surface area contributed by atoms with Gasteiger partial charge in [0.05, 0.1) is 31.3 Å². The van der Waals surface area contributed by atoms with Crippen LogP contribution in [0.3, 0.4) is 0 Å². The maximum absolute atomic E-state index is 12.5. The zero-order chi connectivity index (χ0) is 24.6. The Morgan fingerprint density at radius 1 is 1.03 bits per heavy atom. The highest BCUT2D eigenvalue weighted by molar-refractivity contribution is 7.86. The van der Waals surface area contributed by atoms with Gasteiger partial charge >= 0.3 is 0 Å². The summed E-state index contributed by atoms with van der Waals surface area (Å²) in [4.78, 5) is 2.45. The number of hydrogen-bond donors (Lipinski definition) is 1. The Morgan fingerprint density at radius 2 is 1.74 bits per heavy atom. The van der Waals surface area contributed by atoms with Gasteiger partial charge in [-0.1, -0.05) is 23.8 Å². The molecule has 3 atom stereocenters. The number of likely N-dealkylation sites (tertiary alicyclic amines) is 1. The fourth-order valence-corrected chi connectivity index (χ4v) is 6.56. The van der Waals surface area contributed by atoms with Crippen LogP contribution in [0, 0.1) is 6.92 Å². The average molecular weight is 490 g/mol. The molecular weight excluding hydrogens is 454 g/mol. The maximum atomic E-state index is 12.5. The summed E-state index contributed by atoms with van der Waals surface area (Å²) in [6.07, 6.45) is 3.21. The number of nitrogens with zero attached hydrogens (tertiary/aromatic N) is 1. The summed E-state index contributed by atoms with van der Waals surface area (Å²) in [5.41, 5.74) is 1.11. The van der Waals surface area contributed by atoms with Crippen molar-refractivity contribution in [3.05, 3.63) is 53.6 Å². The molecule has 34 heavy (non-hydrogen) atoms. The predicted octanol–water partition coefficient (Wildman–Crippen LogP) is 3.66. The van der Waals surface area contributed by atoms with Gasteiger partial charge in [-0.25, -0.2) is 0 Å². The van der Waals surface area contributed by atoms with Crippen LogP contribution in [0.1, 0.15) is 43.2 Å². The van der Waals surface area contributed by atoms with Crippen LogP contribution in [0.25, 0.3) is 0 Å². The van der Waals surface area contributed by atoms with Gasteiger partial charge in [0, 0.05) is 17.9 Å². The summed E-state index contributed by atoms with van der Waals surface area (Å²) in [5.74, 6) is 1.41. The first-order chi connectivity index (χ1) is 16.1. The first-order valence-electron chi connectivity index (χ1n) is 11.7. The summed E-state index contributed by atoms with van der Waals surface area (Å²) in [6.45, 7) is 2.79. The molecule has 0 aromatic heterocycles. The number of ether oxygens (including phenoxy) is 2. The van der Waals surface area contributed by atoms with Gasteiger partial charge in [0.15, 0.2) is 11.5 Å². The number of aryl methyl sites for hydroxylation is 1. The van der Waals surface area contributed by atoms with E-state index in [9.17, 15) is 13.5 Å². The number of rotatable bonds is 8. The Bertz CT molecular complexity index is 1120. The van der Waals surface area contributed by atoms with Crippen LogP contribution in [0.15, 0.2) is 47.4 Å². The number of methoxy groups -OCH3 is 2. The molecule has 1 saturated heterocycles. The van der Waals surface area contributed by atoms with Gasteiger partial charge in [0.1, 0.15) is 0 Å². The molecule has 7 nitrogen and oxygen atoms in total. The van der Waals surface area contributed by atoms with E-state index < -0.39 is 15.7 Å². The molecule has 0 spiro atoms. The van der Waals surface area contributed by atoms with Gasteiger partial charge in [-0.05, 0) is 76.0 Å². The second-order valence-corrected chi connectivity index (χ2v) is 11.4. The van der Waals surface area contributed by atoms with E-state index in [1.807, 2.05) is 13.0 Å². The summed E-state index contributed by atoms with van der Waals surface area (Å²) < 4.78 is 41.3. The van der Waals surface area contributed by atoms with Crippen molar-refractivity contribution in [3.8, 4) is 11.5 Å². The van der Waals surface area contributed by atoms with Crippen molar-refractivity contribution in [1.29, 1.82) is 0 Å². The summed E-state index contributed by atoms with van der Waals surface area (Å²) in [7, 11) is 1.51. The molecule has 1 heterocycles. The molecule has 2 fully saturated rings. The SMILES string of the molecule is COc1ccc([C@]23CCN(C)[C@H]2CC(O)(CCOS(=O)(=O)c2ccc(C)cc2)CC3)cc1OC. The predicted molar refractivity (Wildman–Crippen MR) is 130 cm³/mol. The lowest BCUT2D eigenvalue weighted by molar-refractivity contribution is -0.0512. The van der Waals surface area contributed by atoms with Crippen LogP contribution >= 0.6 is 0 Å². The van der Waals surface area contributed by atoms with Crippen molar-refractivity contribution in [2.75, 3.05) is 34.4 Å². The molecule has 0 bridgehead atoms. The number of fused-ring (bicyclic) bond motifs is 1. The van der Waals surface area contributed by atoms with Crippen molar-refractivity contribution in [2.45, 2.75) is 61.0 Å². The minimum Gasteiger partial charge on any atom is -0.493 e. The monoisotopic (exact) mass is 489 g/mol. The minimum absolute atomic E-state index is 0.0491. The number of aliphatic hydroxyl groups is 1. The Hall–Kier alpha value is -2.13. The van der Waals surface area contributed by atoms with E-state index in [0.717, 1.165) is 24.9 Å². The number of benzene rings is 2. The van der Waals surface area contributed by atoms with Crippen LogP contribution in [0.5, 0.6) is 11.5 Å². The number of likely N-dealkylation sites (N-methyl/N-ethyl adjacent to an activating group) is 1. The molecule has 186 valence electrons. The van der Waals surface area contributed by atoms with E-state index in [-0.39, 0.29) is 29.4 Å². The summed E-state index contributed by atoms with van der Waals surface area (Å²) in [5, 5.41) is 11.4. The van der Waals surface area contributed by atoms with Crippen molar-refractivity contribution < 1.29 is 27.2 Å². The molecule has 2 aliphatic rings. The average Bonchev–Trinajstić information content (AvgIpc) is 3.15. The highest BCUT2D eigenvalue weighted by atomic mass is 32.2. The highest BCUT2D eigenvalue weighted by Crippen LogP contribution is 2.52. The molecule has 0 radical (unpaired) electrons. The van der Waals surface area contributed by atoms with Crippen molar-refractivity contribution >= 4 is 10.1 Å². The molecule has 1 saturated carbocycles. The first kappa shape index (κ1) is 25.0. The lowest BCUT2D eigenvalue weighted by atomic mass is 9.61. The molecule has 2 aromatic carbocycles. The van der Waals surface area contributed by atoms with Gasteiger partial charge in [-0.2, -0.15) is 8.42 Å². The Balaban J connectivity index is 1.47. The zero-order valence-corrected chi connectivity index (χ0v) is 21.2. The summed E-state index contributed by atoms with van der Waals surface area (Å²) >= 11 is 0. The van der Waals surface area contributed by atoms with E-state index in [2.05, 4.69) is 24.1 Å². The lowest BCUT2D eigenvalue weighted by Crippen LogP contribution is -2.52. The van der Waals surface area contributed by atoms with Gasteiger partial charge in [0.25, 0.3) is 10.1 Å². The van der Waals surface area contributed by atoms with Crippen LogP contribution in [-0.4, -0.2) is 64.5 Å². The molecule has 1 N–H and O–H groups in total. The van der Waals surface area contributed by atoms with Crippen molar-refractivity contribution in [3.63, 3.8) is 0 Å². The molecular formula is C26H35NO6S. The molecule has 1 unspecified atom stereocenters. The fraction of sp³-hybridized carbons (Fsp3) is 0.538. The molecule has 4 rings (SSSR count). The Labute approximate surface area is 202 Å². The van der Waals surface area contributed by atoms with Crippen molar-refractivity contribution in [2.24, 2.45) is 0 Å². The van der Waals surface area contributed by atoms with Gasteiger partial charge in [0.2, 0.25) is 0 Å². The standard InChI is InChI=1S/C26H35NO6S/c1-19-5-8-21(9-6-19)34(29,30)33-16-14-25(28)11-12-26(13-15-27(2)24(26)18-25)20-7-10-22(31-3)23(17-20)32-4/h5-10,17,24,28H,11-16,18H2,1-4H3/t24-,25?,26-/m0/s1. The third-order valence-corrected chi connectivity index (χ3v) is 9.09. The zero-order valence-electron chi connectivity index (χ0n) is 20.4. The fourth-order valence-electron chi connectivity index (χ4n) is 5.65. The Morgan fingerprint density at radius 3 is 2.41 bits per heavy atom. The van der Waals surface area contributed by atoms with E-state index in [1.165, 1.54) is 5.56 Å². The van der Waals surface area contributed by atoms with E-state index >= 15 is 0 Å². The topological polar surface area (TPSA) is 85.3 Å². The third kappa shape index (κ3) is 4.69. The van der Waals surface area contributed by atoms with E-state index in [4.69, 9.17) is 13.7 Å². The second-order valence-electron chi connectivity index (χ2n) is 9.74. The largest absolute Gasteiger partial charge is 0.493 e.